The van der Waals surface area contributed by atoms with Crippen molar-refractivity contribution in [1.29, 1.82) is 0 Å². The molecule has 0 bridgehead atoms. The van der Waals surface area contributed by atoms with E-state index in [1.54, 1.807) is 24.3 Å². The predicted octanol–water partition coefficient (Wildman–Crippen LogP) is 1.46. The number of primary amides is 1. The molecule has 2 rings (SSSR count). The number of piperidine rings is 1. The number of likely N-dealkylation sites (tertiary alicyclic amines) is 1. The molecular weight excluding hydrogens is 254 g/mol. The molecular formula is C15H21N3O2. The molecule has 2 amide bonds. The fourth-order valence-corrected chi connectivity index (χ4v) is 2.54. The Hall–Kier alpha value is -1.88. The van der Waals surface area contributed by atoms with Gasteiger partial charge >= 0.3 is 0 Å². The lowest BCUT2D eigenvalue weighted by molar-refractivity contribution is -0.117. The van der Waals surface area contributed by atoms with E-state index in [4.69, 9.17) is 5.73 Å². The van der Waals surface area contributed by atoms with Gasteiger partial charge in [-0.3, -0.25) is 9.59 Å². The number of carbonyl (C=O) groups is 2. The van der Waals surface area contributed by atoms with Crippen LogP contribution in [0.3, 0.4) is 0 Å². The standard InChI is InChI=1S/C15H21N3O2/c1-18-8-6-11(7-9-18)10-14(19)17-13-5-3-2-4-12(13)15(16)20/h2-5,11H,6-10H2,1H3,(H2,16,20)(H,17,19). The minimum absolute atomic E-state index is 0.0479. The fraction of sp³-hybridized carbons (Fsp3) is 0.467. The van der Waals surface area contributed by atoms with Crippen molar-refractivity contribution in [2.45, 2.75) is 19.3 Å². The normalized spacial score (nSPS) is 16.9. The maximum atomic E-state index is 12.1. The number of anilines is 1. The van der Waals surface area contributed by atoms with Gasteiger partial charge in [0.15, 0.2) is 0 Å². The highest BCUT2D eigenvalue weighted by Crippen LogP contribution is 2.21. The maximum absolute atomic E-state index is 12.1. The molecule has 1 aromatic carbocycles. The van der Waals surface area contributed by atoms with Crippen LogP contribution in [0.2, 0.25) is 0 Å². The summed E-state index contributed by atoms with van der Waals surface area (Å²) in [6, 6.07) is 6.82. The summed E-state index contributed by atoms with van der Waals surface area (Å²) in [6.07, 6.45) is 2.59. The van der Waals surface area contributed by atoms with E-state index in [0.29, 0.717) is 23.6 Å². The number of para-hydroxylation sites is 1. The summed E-state index contributed by atoms with van der Waals surface area (Å²) in [7, 11) is 2.10. The first kappa shape index (κ1) is 14.5. The molecule has 0 aliphatic carbocycles. The zero-order valence-corrected chi connectivity index (χ0v) is 11.8. The van der Waals surface area contributed by atoms with Gasteiger partial charge in [0.1, 0.15) is 0 Å². The van der Waals surface area contributed by atoms with Gasteiger partial charge in [-0.1, -0.05) is 12.1 Å². The predicted molar refractivity (Wildman–Crippen MR) is 78.4 cm³/mol. The van der Waals surface area contributed by atoms with E-state index in [1.807, 2.05) is 0 Å². The first-order valence-corrected chi connectivity index (χ1v) is 6.93. The summed E-state index contributed by atoms with van der Waals surface area (Å²) >= 11 is 0. The molecule has 1 aliphatic rings. The van der Waals surface area contributed by atoms with Gasteiger partial charge in [-0.05, 0) is 51.0 Å². The first-order chi connectivity index (χ1) is 9.56. The monoisotopic (exact) mass is 275 g/mol. The van der Waals surface area contributed by atoms with Crippen molar-refractivity contribution in [2.75, 3.05) is 25.5 Å². The quantitative estimate of drug-likeness (QED) is 0.873. The van der Waals surface area contributed by atoms with Crippen LogP contribution >= 0.6 is 0 Å². The molecule has 0 atom stereocenters. The summed E-state index contributed by atoms with van der Waals surface area (Å²) in [4.78, 5) is 25.6. The number of amides is 2. The highest BCUT2D eigenvalue weighted by Gasteiger charge is 2.20. The van der Waals surface area contributed by atoms with E-state index < -0.39 is 5.91 Å². The first-order valence-electron chi connectivity index (χ1n) is 6.93. The largest absolute Gasteiger partial charge is 0.366 e. The van der Waals surface area contributed by atoms with Crippen LogP contribution < -0.4 is 11.1 Å². The van der Waals surface area contributed by atoms with Gasteiger partial charge in [0.25, 0.3) is 5.91 Å². The molecule has 0 unspecified atom stereocenters. The van der Waals surface area contributed by atoms with Crippen LogP contribution in [0.4, 0.5) is 5.69 Å². The maximum Gasteiger partial charge on any atom is 0.250 e. The number of nitrogens with one attached hydrogen (secondary N) is 1. The third kappa shape index (κ3) is 3.81. The van der Waals surface area contributed by atoms with Crippen molar-refractivity contribution in [1.82, 2.24) is 4.90 Å². The van der Waals surface area contributed by atoms with Crippen LogP contribution in [0.25, 0.3) is 0 Å². The molecule has 5 heteroatoms. The van der Waals surface area contributed by atoms with Gasteiger partial charge in [-0.25, -0.2) is 0 Å². The molecule has 1 saturated heterocycles. The number of hydrogen-bond donors (Lipinski definition) is 2. The van der Waals surface area contributed by atoms with Gasteiger partial charge < -0.3 is 16.0 Å². The Morgan fingerprint density at radius 2 is 1.95 bits per heavy atom. The van der Waals surface area contributed by atoms with E-state index in [2.05, 4.69) is 17.3 Å². The Morgan fingerprint density at radius 3 is 2.60 bits per heavy atom. The molecule has 108 valence electrons. The van der Waals surface area contributed by atoms with Crippen molar-refractivity contribution >= 4 is 17.5 Å². The second-order valence-corrected chi connectivity index (χ2v) is 5.41. The zero-order chi connectivity index (χ0) is 14.5. The molecule has 0 radical (unpaired) electrons. The van der Waals surface area contributed by atoms with Crippen molar-refractivity contribution in [3.63, 3.8) is 0 Å². The van der Waals surface area contributed by atoms with Crippen molar-refractivity contribution < 1.29 is 9.59 Å². The SMILES string of the molecule is CN1CCC(CC(=O)Nc2ccccc2C(N)=O)CC1. The molecule has 0 saturated carbocycles. The summed E-state index contributed by atoms with van der Waals surface area (Å²) in [5, 5.41) is 2.80. The lowest BCUT2D eigenvalue weighted by Crippen LogP contribution is -2.32. The third-order valence-electron chi connectivity index (χ3n) is 3.78. The fourth-order valence-electron chi connectivity index (χ4n) is 2.54. The number of nitrogens with two attached hydrogens (primary N) is 1. The third-order valence-corrected chi connectivity index (χ3v) is 3.78. The minimum Gasteiger partial charge on any atom is -0.366 e. The Kier molecular flexibility index (Phi) is 4.74. The Labute approximate surface area is 119 Å². The second kappa shape index (κ2) is 6.52. The Balaban J connectivity index is 1.93. The van der Waals surface area contributed by atoms with E-state index in [1.165, 1.54) is 0 Å². The van der Waals surface area contributed by atoms with Crippen LogP contribution in [-0.2, 0) is 4.79 Å². The van der Waals surface area contributed by atoms with Crippen LogP contribution in [0.5, 0.6) is 0 Å². The van der Waals surface area contributed by atoms with Gasteiger partial charge in [-0.15, -0.1) is 0 Å². The minimum atomic E-state index is -0.528. The molecule has 0 aromatic heterocycles. The molecule has 1 aromatic rings. The summed E-state index contributed by atoms with van der Waals surface area (Å²) in [5.74, 6) is -0.152. The molecule has 1 heterocycles. The number of rotatable bonds is 4. The topological polar surface area (TPSA) is 75.4 Å². The van der Waals surface area contributed by atoms with Crippen LogP contribution in [-0.4, -0.2) is 36.9 Å². The lowest BCUT2D eigenvalue weighted by atomic mass is 9.93. The Bertz CT molecular complexity index is 494. The number of carbonyl (C=O) groups excluding carboxylic acids is 2. The van der Waals surface area contributed by atoms with Crippen molar-refractivity contribution in [3.05, 3.63) is 29.8 Å². The summed E-state index contributed by atoms with van der Waals surface area (Å²) in [5.41, 5.74) is 6.14. The molecule has 3 N–H and O–H groups in total. The van der Waals surface area contributed by atoms with Crippen molar-refractivity contribution in [2.24, 2.45) is 11.7 Å². The van der Waals surface area contributed by atoms with Crippen LogP contribution in [0.15, 0.2) is 24.3 Å². The molecule has 1 fully saturated rings. The van der Waals surface area contributed by atoms with Gasteiger partial charge in [0.2, 0.25) is 5.91 Å². The molecule has 0 spiro atoms. The van der Waals surface area contributed by atoms with E-state index in [9.17, 15) is 9.59 Å². The van der Waals surface area contributed by atoms with Gasteiger partial charge in [0.05, 0.1) is 11.3 Å². The highest BCUT2D eigenvalue weighted by atomic mass is 16.2. The summed E-state index contributed by atoms with van der Waals surface area (Å²) in [6.45, 7) is 2.08. The lowest BCUT2D eigenvalue weighted by Gasteiger charge is -2.28. The molecule has 1 aliphatic heterocycles. The van der Waals surface area contributed by atoms with E-state index >= 15 is 0 Å². The molecule has 20 heavy (non-hydrogen) atoms. The van der Waals surface area contributed by atoms with Gasteiger partial charge in [-0.2, -0.15) is 0 Å². The number of benzene rings is 1. The summed E-state index contributed by atoms with van der Waals surface area (Å²) < 4.78 is 0. The average molecular weight is 275 g/mol. The Morgan fingerprint density at radius 1 is 1.30 bits per heavy atom. The van der Waals surface area contributed by atoms with E-state index in [-0.39, 0.29) is 5.91 Å². The molecule has 5 nitrogen and oxygen atoms in total. The second-order valence-electron chi connectivity index (χ2n) is 5.41. The smallest absolute Gasteiger partial charge is 0.250 e. The number of nitrogens with zero attached hydrogens (tertiary/aromatic N) is 1. The van der Waals surface area contributed by atoms with Crippen LogP contribution in [0.1, 0.15) is 29.6 Å². The number of hydrogen-bond acceptors (Lipinski definition) is 3. The van der Waals surface area contributed by atoms with Crippen LogP contribution in [0, 0.1) is 5.92 Å². The van der Waals surface area contributed by atoms with E-state index in [0.717, 1.165) is 25.9 Å². The van der Waals surface area contributed by atoms with Gasteiger partial charge in [0, 0.05) is 6.42 Å². The average Bonchev–Trinajstić information content (AvgIpc) is 2.41. The zero-order valence-electron chi connectivity index (χ0n) is 11.8. The highest BCUT2D eigenvalue weighted by molar-refractivity contribution is 6.02. The van der Waals surface area contributed by atoms with Crippen molar-refractivity contribution in [3.8, 4) is 0 Å².